The Morgan fingerprint density at radius 3 is 2.45 bits per heavy atom. The molecule has 0 aliphatic rings. The molecule has 0 saturated heterocycles. The summed E-state index contributed by atoms with van der Waals surface area (Å²) in [6, 6.07) is 4.92. The zero-order chi connectivity index (χ0) is 15.1. The van der Waals surface area contributed by atoms with Gasteiger partial charge >= 0.3 is 5.97 Å². The molecule has 0 spiro atoms. The summed E-state index contributed by atoms with van der Waals surface area (Å²) >= 11 is 12.0. The van der Waals surface area contributed by atoms with Crippen LogP contribution in [0.3, 0.4) is 0 Å². The largest absolute Gasteiger partial charge is 0.475 e. The zero-order valence-electron chi connectivity index (χ0n) is 11.2. The highest BCUT2D eigenvalue weighted by Crippen LogP contribution is 2.28. The van der Waals surface area contributed by atoms with Gasteiger partial charge in [0.15, 0.2) is 0 Å². The van der Waals surface area contributed by atoms with Gasteiger partial charge in [-0.2, -0.15) is 0 Å². The van der Waals surface area contributed by atoms with Crippen LogP contribution in [0.1, 0.15) is 37.2 Å². The maximum absolute atomic E-state index is 11.1. The van der Waals surface area contributed by atoms with Crippen molar-refractivity contribution >= 4 is 29.2 Å². The van der Waals surface area contributed by atoms with Crippen molar-refractivity contribution in [1.82, 2.24) is 14.8 Å². The molecule has 0 saturated carbocycles. The van der Waals surface area contributed by atoms with Gasteiger partial charge in [0.1, 0.15) is 5.82 Å². The molecule has 0 unspecified atom stereocenters. The summed E-state index contributed by atoms with van der Waals surface area (Å²) < 4.78 is 1.45. The number of hydrogen-bond donors (Lipinski definition) is 1. The third-order valence-electron chi connectivity index (χ3n) is 2.61. The Kier molecular flexibility index (Phi) is 3.75. The molecule has 0 fully saturated rings. The van der Waals surface area contributed by atoms with E-state index in [1.165, 1.54) is 4.68 Å². The fourth-order valence-electron chi connectivity index (χ4n) is 1.71. The number of aromatic nitrogens is 3. The maximum Gasteiger partial charge on any atom is 0.375 e. The minimum atomic E-state index is -1.18. The molecule has 2 aromatic rings. The lowest BCUT2D eigenvalue weighted by Crippen LogP contribution is -2.19. The molecule has 1 heterocycles. The van der Waals surface area contributed by atoms with Crippen molar-refractivity contribution in [3.63, 3.8) is 0 Å². The SMILES string of the molecule is CC(C)(C)c1nc(C(=O)O)nn1-c1ccc(Cl)cc1Cl. The summed E-state index contributed by atoms with van der Waals surface area (Å²) in [5.74, 6) is -0.931. The Morgan fingerprint density at radius 1 is 1.30 bits per heavy atom. The highest BCUT2D eigenvalue weighted by atomic mass is 35.5. The Morgan fingerprint density at radius 2 is 1.95 bits per heavy atom. The predicted octanol–water partition coefficient (Wildman–Crippen LogP) is 3.57. The summed E-state index contributed by atoms with van der Waals surface area (Å²) in [5.41, 5.74) is 0.157. The summed E-state index contributed by atoms with van der Waals surface area (Å²) in [5, 5.41) is 13.9. The molecule has 106 valence electrons. The molecule has 0 aliphatic carbocycles. The summed E-state index contributed by atoms with van der Waals surface area (Å²) in [7, 11) is 0. The number of benzene rings is 1. The smallest absolute Gasteiger partial charge is 0.375 e. The lowest BCUT2D eigenvalue weighted by Gasteiger charge is -2.18. The second-order valence-electron chi connectivity index (χ2n) is 5.32. The van der Waals surface area contributed by atoms with Gasteiger partial charge in [-0.1, -0.05) is 44.0 Å². The van der Waals surface area contributed by atoms with Gasteiger partial charge in [-0.25, -0.2) is 14.5 Å². The molecule has 0 atom stereocenters. The fourth-order valence-corrected chi connectivity index (χ4v) is 2.20. The van der Waals surface area contributed by atoms with Gasteiger partial charge in [0.05, 0.1) is 10.7 Å². The first-order chi connectivity index (χ1) is 9.20. The van der Waals surface area contributed by atoms with Gasteiger partial charge in [-0.3, -0.25) is 0 Å². The molecule has 0 radical (unpaired) electrons. The van der Waals surface area contributed by atoms with Gasteiger partial charge < -0.3 is 5.11 Å². The van der Waals surface area contributed by atoms with Gasteiger partial charge in [-0.05, 0) is 18.2 Å². The highest BCUT2D eigenvalue weighted by molar-refractivity contribution is 6.35. The van der Waals surface area contributed by atoms with Crippen molar-refractivity contribution in [2.75, 3.05) is 0 Å². The monoisotopic (exact) mass is 313 g/mol. The molecule has 1 N–H and O–H groups in total. The first kappa shape index (κ1) is 14.8. The number of nitrogens with zero attached hydrogens (tertiary/aromatic N) is 3. The number of carbonyl (C=O) groups is 1. The molecule has 5 nitrogen and oxygen atoms in total. The first-order valence-corrected chi connectivity index (χ1v) is 6.62. The van der Waals surface area contributed by atoms with Gasteiger partial charge in [0.25, 0.3) is 5.82 Å². The van der Waals surface area contributed by atoms with Crippen molar-refractivity contribution in [3.8, 4) is 5.69 Å². The minimum absolute atomic E-state index is 0.263. The number of halogens is 2. The third-order valence-corrected chi connectivity index (χ3v) is 3.14. The molecular formula is C13H13Cl2N3O2. The Balaban J connectivity index is 2.69. The van der Waals surface area contributed by atoms with Crippen LogP contribution in [0.4, 0.5) is 0 Å². The average Bonchev–Trinajstić information content (AvgIpc) is 2.73. The van der Waals surface area contributed by atoms with Crippen LogP contribution < -0.4 is 0 Å². The molecule has 0 aliphatic heterocycles. The maximum atomic E-state index is 11.1. The molecular weight excluding hydrogens is 301 g/mol. The van der Waals surface area contributed by atoms with Crippen LogP contribution in [0.15, 0.2) is 18.2 Å². The molecule has 1 aromatic carbocycles. The van der Waals surface area contributed by atoms with Crippen LogP contribution in [-0.2, 0) is 5.41 Å². The van der Waals surface area contributed by atoms with Crippen molar-refractivity contribution in [2.45, 2.75) is 26.2 Å². The van der Waals surface area contributed by atoms with Crippen LogP contribution in [0.25, 0.3) is 5.69 Å². The third kappa shape index (κ3) is 2.78. The van der Waals surface area contributed by atoms with Gasteiger partial charge in [-0.15, -0.1) is 5.10 Å². The van der Waals surface area contributed by atoms with E-state index in [0.29, 0.717) is 21.6 Å². The van der Waals surface area contributed by atoms with Crippen LogP contribution in [0.2, 0.25) is 10.0 Å². The Bertz CT molecular complexity index is 675. The zero-order valence-corrected chi connectivity index (χ0v) is 12.7. The number of rotatable bonds is 2. The van der Waals surface area contributed by atoms with Gasteiger partial charge in [0, 0.05) is 10.4 Å². The van der Waals surface area contributed by atoms with Crippen LogP contribution in [0.5, 0.6) is 0 Å². The van der Waals surface area contributed by atoms with E-state index < -0.39 is 5.97 Å². The van der Waals surface area contributed by atoms with E-state index >= 15 is 0 Å². The van der Waals surface area contributed by atoms with E-state index in [1.807, 2.05) is 20.8 Å². The average molecular weight is 314 g/mol. The predicted molar refractivity (Wildman–Crippen MR) is 77.0 cm³/mol. The standard InChI is InChI=1S/C13H13Cl2N3O2/c1-13(2,3)12-16-10(11(19)20)17-18(12)9-5-4-7(14)6-8(9)15/h4-6H,1-3H3,(H,19,20). The van der Waals surface area contributed by atoms with E-state index in [1.54, 1.807) is 18.2 Å². The lowest BCUT2D eigenvalue weighted by molar-refractivity contribution is 0.0683. The topological polar surface area (TPSA) is 68.0 Å². The first-order valence-electron chi connectivity index (χ1n) is 5.86. The van der Waals surface area contributed by atoms with Crippen LogP contribution in [-0.4, -0.2) is 25.8 Å². The number of carboxylic acids is 1. The minimum Gasteiger partial charge on any atom is -0.475 e. The quantitative estimate of drug-likeness (QED) is 0.920. The van der Waals surface area contributed by atoms with E-state index in [-0.39, 0.29) is 11.2 Å². The summed E-state index contributed by atoms with van der Waals surface area (Å²) in [6.07, 6.45) is 0. The number of carboxylic acid groups (broad SMARTS) is 1. The highest BCUT2D eigenvalue weighted by Gasteiger charge is 2.26. The molecule has 7 heteroatoms. The van der Waals surface area contributed by atoms with Crippen molar-refractivity contribution in [1.29, 1.82) is 0 Å². The van der Waals surface area contributed by atoms with Crippen molar-refractivity contribution in [2.24, 2.45) is 0 Å². The number of aromatic carboxylic acids is 1. The Hall–Kier alpha value is -1.59. The molecule has 2 rings (SSSR count). The van der Waals surface area contributed by atoms with Gasteiger partial charge in [0.2, 0.25) is 0 Å². The fraction of sp³-hybridized carbons (Fsp3) is 0.308. The lowest BCUT2D eigenvalue weighted by atomic mass is 9.95. The second-order valence-corrected chi connectivity index (χ2v) is 6.17. The summed E-state index contributed by atoms with van der Waals surface area (Å²) in [6.45, 7) is 5.76. The van der Waals surface area contributed by atoms with E-state index in [0.717, 1.165) is 0 Å². The normalized spacial score (nSPS) is 11.7. The van der Waals surface area contributed by atoms with E-state index in [2.05, 4.69) is 10.1 Å². The molecule has 20 heavy (non-hydrogen) atoms. The van der Waals surface area contributed by atoms with E-state index in [9.17, 15) is 4.79 Å². The van der Waals surface area contributed by atoms with Crippen molar-refractivity contribution in [3.05, 3.63) is 39.9 Å². The van der Waals surface area contributed by atoms with Crippen LogP contribution >= 0.6 is 23.2 Å². The van der Waals surface area contributed by atoms with Crippen molar-refractivity contribution < 1.29 is 9.90 Å². The number of hydrogen-bond acceptors (Lipinski definition) is 3. The second kappa shape index (κ2) is 5.07. The molecule has 0 amide bonds. The molecule has 0 bridgehead atoms. The molecule has 1 aromatic heterocycles. The van der Waals surface area contributed by atoms with Crippen LogP contribution in [0, 0.1) is 0 Å². The summed E-state index contributed by atoms with van der Waals surface area (Å²) in [4.78, 5) is 15.2. The van der Waals surface area contributed by atoms with E-state index in [4.69, 9.17) is 28.3 Å². The Labute approximate surface area is 126 Å².